The molecule has 0 spiro atoms. The molecule has 2 N–H and O–H groups in total. The average molecular weight is 401 g/mol. The Bertz CT molecular complexity index is 1030. The summed E-state index contributed by atoms with van der Waals surface area (Å²) in [7, 11) is -3.72. The van der Waals surface area contributed by atoms with E-state index in [4.69, 9.17) is 0 Å². The minimum absolute atomic E-state index is 0.105. The van der Waals surface area contributed by atoms with Crippen molar-refractivity contribution in [2.45, 2.75) is 24.8 Å². The molecule has 0 saturated heterocycles. The van der Waals surface area contributed by atoms with Crippen LogP contribution in [-0.4, -0.2) is 14.3 Å². The van der Waals surface area contributed by atoms with Gasteiger partial charge in [0.1, 0.15) is 0 Å². The Morgan fingerprint density at radius 1 is 1.00 bits per heavy atom. The van der Waals surface area contributed by atoms with Gasteiger partial charge in [0.2, 0.25) is 0 Å². The molecule has 5 nitrogen and oxygen atoms in total. The van der Waals surface area contributed by atoms with Crippen LogP contribution in [0.4, 0.5) is 5.69 Å². The summed E-state index contributed by atoms with van der Waals surface area (Å²) in [6.45, 7) is 3.74. The van der Waals surface area contributed by atoms with Gasteiger partial charge >= 0.3 is 0 Å². The Balaban J connectivity index is 1.72. The van der Waals surface area contributed by atoms with Crippen molar-refractivity contribution in [1.82, 2.24) is 5.32 Å². The number of carbonyl (C=O) groups is 1. The number of carbonyl (C=O) groups excluding carboxylic acids is 1. The van der Waals surface area contributed by atoms with Crippen LogP contribution in [0.15, 0.2) is 70.9 Å². The number of thiophene rings is 1. The number of sulfonamides is 1. The van der Waals surface area contributed by atoms with Gasteiger partial charge in [-0.3, -0.25) is 9.52 Å². The molecular weight excluding hydrogens is 380 g/mol. The van der Waals surface area contributed by atoms with Gasteiger partial charge in [0.25, 0.3) is 15.9 Å². The van der Waals surface area contributed by atoms with Crippen molar-refractivity contribution >= 4 is 33.0 Å². The molecule has 27 heavy (non-hydrogen) atoms. The fraction of sp³-hybridized carbons (Fsp3) is 0.150. The highest BCUT2D eigenvalue weighted by atomic mass is 32.2. The summed E-state index contributed by atoms with van der Waals surface area (Å²) < 4.78 is 27.7. The molecule has 0 aliphatic heterocycles. The number of hydrogen-bond donors (Lipinski definition) is 2. The number of nitrogens with one attached hydrogen (secondary N) is 2. The third-order valence-corrected chi connectivity index (χ3v) is 6.57. The molecule has 0 aliphatic carbocycles. The van der Waals surface area contributed by atoms with E-state index >= 15 is 0 Å². The van der Waals surface area contributed by atoms with Gasteiger partial charge < -0.3 is 5.32 Å². The molecule has 2 aromatic carbocycles. The van der Waals surface area contributed by atoms with Gasteiger partial charge in [0, 0.05) is 10.4 Å². The molecule has 140 valence electrons. The van der Waals surface area contributed by atoms with Crippen LogP contribution in [0.1, 0.15) is 33.8 Å². The Labute approximate surface area is 163 Å². The highest BCUT2D eigenvalue weighted by Gasteiger charge is 2.17. The van der Waals surface area contributed by atoms with Crippen molar-refractivity contribution in [3.8, 4) is 0 Å². The molecule has 3 rings (SSSR count). The molecular formula is C20H20N2O3S2. The monoisotopic (exact) mass is 400 g/mol. The first-order valence-electron chi connectivity index (χ1n) is 8.39. The van der Waals surface area contributed by atoms with Gasteiger partial charge in [-0.15, -0.1) is 11.3 Å². The smallest absolute Gasteiger partial charge is 0.261 e. The van der Waals surface area contributed by atoms with E-state index in [1.54, 1.807) is 23.5 Å². The van der Waals surface area contributed by atoms with Crippen LogP contribution in [0, 0.1) is 6.92 Å². The number of amides is 1. The van der Waals surface area contributed by atoms with Crippen LogP contribution in [0.25, 0.3) is 0 Å². The number of rotatable bonds is 6. The third kappa shape index (κ3) is 4.56. The molecule has 0 bridgehead atoms. The number of hydrogen-bond acceptors (Lipinski definition) is 4. The van der Waals surface area contributed by atoms with Crippen LogP contribution in [-0.2, 0) is 10.0 Å². The molecule has 1 amide bonds. The van der Waals surface area contributed by atoms with Crippen molar-refractivity contribution in [2.75, 3.05) is 4.72 Å². The highest BCUT2D eigenvalue weighted by Crippen LogP contribution is 2.21. The molecule has 7 heteroatoms. The topological polar surface area (TPSA) is 75.3 Å². The van der Waals surface area contributed by atoms with Crippen LogP contribution in [0.3, 0.4) is 0 Å². The first-order valence-corrected chi connectivity index (χ1v) is 10.8. The minimum Gasteiger partial charge on any atom is -0.345 e. The van der Waals surface area contributed by atoms with Crippen LogP contribution in [0.5, 0.6) is 0 Å². The summed E-state index contributed by atoms with van der Waals surface area (Å²) >= 11 is 1.57. The number of para-hydroxylation sites is 1. The van der Waals surface area contributed by atoms with Gasteiger partial charge in [-0.25, -0.2) is 8.42 Å². The van der Waals surface area contributed by atoms with E-state index in [-0.39, 0.29) is 16.8 Å². The molecule has 0 saturated carbocycles. The van der Waals surface area contributed by atoms with Crippen molar-refractivity contribution < 1.29 is 13.2 Å². The summed E-state index contributed by atoms with van der Waals surface area (Å²) in [5.74, 6) is -0.244. The molecule has 1 unspecified atom stereocenters. The van der Waals surface area contributed by atoms with Gasteiger partial charge in [-0.2, -0.15) is 0 Å². The molecule has 0 fully saturated rings. The predicted molar refractivity (Wildman–Crippen MR) is 109 cm³/mol. The maximum atomic E-state index is 12.6. The van der Waals surface area contributed by atoms with Gasteiger partial charge in [-0.1, -0.05) is 24.3 Å². The summed E-state index contributed by atoms with van der Waals surface area (Å²) in [5.41, 5.74) is 1.77. The van der Waals surface area contributed by atoms with Crippen LogP contribution < -0.4 is 10.0 Å². The van der Waals surface area contributed by atoms with Crippen molar-refractivity contribution in [1.29, 1.82) is 0 Å². The maximum Gasteiger partial charge on any atom is 0.261 e. The second-order valence-electron chi connectivity index (χ2n) is 6.16. The zero-order valence-corrected chi connectivity index (χ0v) is 16.6. The molecule has 1 aromatic heterocycles. The fourth-order valence-electron chi connectivity index (χ4n) is 2.57. The SMILES string of the molecule is Cc1ccccc1NS(=O)(=O)c1ccc(C(=O)NC(C)c2cccs2)cc1. The Hall–Kier alpha value is -2.64. The summed E-state index contributed by atoms with van der Waals surface area (Å²) in [6, 6.07) is 16.9. The number of aryl methyl sites for hydroxylation is 1. The normalized spacial score (nSPS) is 12.4. The third-order valence-electron chi connectivity index (χ3n) is 4.13. The molecule has 0 radical (unpaired) electrons. The van der Waals surface area contributed by atoms with E-state index in [0.717, 1.165) is 10.4 Å². The molecule has 1 heterocycles. The highest BCUT2D eigenvalue weighted by molar-refractivity contribution is 7.92. The lowest BCUT2D eigenvalue weighted by molar-refractivity contribution is 0.0940. The lowest BCUT2D eigenvalue weighted by Gasteiger charge is -2.13. The van der Waals surface area contributed by atoms with Gasteiger partial charge in [0.05, 0.1) is 16.6 Å². The fourth-order valence-corrected chi connectivity index (χ4v) is 4.43. The lowest BCUT2D eigenvalue weighted by atomic mass is 10.2. The standard InChI is InChI=1S/C20H20N2O3S2/c1-14-6-3-4-7-18(14)22-27(24,25)17-11-9-16(10-12-17)20(23)21-15(2)19-8-5-13-26-19/h3-13,15,22H,1-2H3,(H,21,23). The molecule has 1 atom stereocenters. The van der Waals surface area contributed by atoms with E-state index in [1.807, 2.05) is 43.5 Å². The second-order valence-corrected chi connectivity index (χ2v) is 8.82. The van der Waals surface area contributed by atoms with Crippen LogP contribution in [0.2, 0.25) is 0 Å². The second kappa shape index (κ2) is 7.94. The van der Waals surface area contributed by atoms with Crippen LogP contribution >= 0.6 is 11.3 Å². The van der Waals surface area contributed by atoms with E-state index in [2.05, 4.69) is 10.0 Å². The van der Waals surface area contributed by atoms with Gasteiger partial charge in [0.15, 0.2) is 0 Å². The zero-order valence-electron chi connectivity index (χ0n) is 15.0. The van der Waals surface area contributed by atoms with E-state index in [1.165, 1.54) is 24.3 Å². The van der Waals surface area contributed by atoms with Crippen molar-refractivity contribution in [3.05, 3.63) is 82.0 Å². The van der Waals surface area contributed by atoms with Crippen molar-refractivity contribution in [3.63, 3.8) is 0 Å². The predicted octanol–water partition coefficient (Wildman–Crippen LogP) is 4.35. The Kier molecular flexibility index (Phi) is 5.62. The zero-order chi connectivity index (χ0) is 19.4. The average Bonchev–Trinajstić information content (AvgIpc) is 3.18. The Morgan fingerprint density at radius 3 is 2.33 bits per heavy atom. The minimum atomic E-state index is -3.72. The first kappa shape index (κ1) is 19.1. The molecule has 3 aromatic rings. The molecule has 0 aliphatic rings. The Morgan fingerprint density at radius 2 is 1.70 bits per heavy atom. The quantitative estimate of drug-likeness (QED) is 0.646. The summed E-state index contributed by atoms with van der Waals surface area (Å²) in [4.78, 5) is 13.5. The number of benzene rings is 2. The summed E-state index contributed by atoms with van der Waals surface area (Å²) in [6.07, 6.45) is 0. The van der Waals surface area contributed by atoms with E-state index in [9.17, 15) is 13.2 Å². The summed E-state index contributed by atoms with van der Waals surface area (Å²) in [5, 5.41) is 4.87. The largest absolute Gasteiger partial charge is 0.345 e. The lowest BCUT2D eigenvalue weighted by Crippen LogP contribution is -2.26. The van der Waals surface area contributed by atoms with E-state index in [0.29, 0.717) is 11.3 Å². The van der Waals surface area contributed by atoms with Gasteiger partial charge in [-0.05, 0) is 61.2 Å². The number of anilines is 1. The first-order chi connectivity index (χ1) is 12.9. The maximum absolute atomic E-state index is 12.6. The van der Waals surface area contributed by atoms with E-state index < -0.39 is 10.0 Å². The van der Waals surface area contributed by atoms with Crippen molar-refractivity contribution in [2.24, 2.45) is 0 Å².